The number of carbonyl (C=O) groups excluding carboxylic acids is 1. The lowest BCUT2D eigenvalue weighted by molar-refractivity contribution is -0.385. The fourth-order valence-electron chi connectivity index (χ4n) is 4.78. The van der Waals surface area contributed by atoms with Gasteiger partial charge < -0.3 is 20.1 Å². The van der Waals surface area contributed by atoms with E-state index in [1.165, 1.54) is 6.07 Å². The van der Waals surface area contributed by atoms with Gasteiger partial charge in [-0.15, -0.1) is 0 Å². The zero-order valence-corrected chi connectivity index (χ0v) is 18.5. The third-order valence-electron chi connectivity index (χ3n) is 6.46. The number of rotatable bonds is 2. The molecule has 8 heteroatoms. The molecular formula is C24H25N3O5. The summed E-state index contributed by atoms with van der Waals surface area (Å²) in [5.74, 6) is 0.759. The Bertz CT molecular complexity index is 1210. The van der Waals surface area contributed by atoms with Crippen LogP contribution in [-0.2, 0) is 4.79 Å². The Balaban J connectivity index is 1.75. The van der Waals surface area contributed by atoms with Gasteiger partial charge in [0.25, 0.3) is 5.69 Å². The predicted molar refractivity (Wildman–Crippen MR) is 120 cm³/mol. The number of ketones is 1. The zero-order valence-electron chi connectivity index (χ0n) is 18.5. The van der Waals surface area contributed by atoms with Gasteiger partial charge in [0.1, 0.15) is 0 Å². The molecule has 1 aliphatic carbocycles. The Morgan fingerprint density at radius 3 is 2.38 bits per heavy atom. The number of anilines is 2. The third-order valence-corrected chi connectivity index (χ3v) is 6.46. The number of allylic oxidation sites excluding steroid dienone is 1. The summed E-state index contributed by atoms with van der Waals surface area (Å²) in [6.45, 7) is 8.19. The molecule has 0 fully saturated rings. The molecule has 0 bridgehead atoms. The van der Waals surface area contributed by atoms with E-state index in [1.54, 1.807) is 6.07 Å². The number of nitrogens with zero attached hydrogens (tertiary/aromatic N) is 1. The molecule has 8 nitrogen and oxygen atoms in total. The van der Waals surface area contributed by atoms with E-state index in [9.17, 15) is 14.9 Å². The van der Waals surface area contributed by atoms with Crippen LogP contribution in [-0.4, -0.2) is 17.5 Å². The summed E-state index contributed by atoms with van der Waals surface area (Å²) in [6, 6.07) is 6.38. The van der Waals surface area contributed by atoms with Crippen LogP contribution in [0.3, 0.4) is 0 Å². The van der Waals surface area contributed by atoms with E-state index in [0.29, 0.717) is 35.5 Å². The highest BCUT2D eigenvalue weighted by Crippen LogP contribution is 2.49. The molecule has 0 saturated carbocycles. The summed E-state index contributed by atoms with van der Waals surface area (Å²) in [5, 5.41) is 18.9. The van der Waals surface area contributed by atoms with Gasteiger partial charge in [0.05, 0.1) is 34.0 Å². The molecule has 0 aromatic heterocycles. The highest BCUT2D eigenvalue weighted by Gasteiger charge is 2.41. The highest BCUT2D eigenvalue weighted by atomic mass is 16.7. The fourth-order valence-corrected chi connectivity index (χ4v) is 4.78. The Kier molecular flexibility index (Phi) is 4.44. The van der Waals surface area contributed by atoms with Crippen LogP contribution in [0.2, 0.25) is 0 Å². The predicted octanol–water partition coefficient (Wildman–Crippen LogP) is 5.16. The summed E-state index contributed by atoms with van der Waals surface area (Å²) >= 11 is 0. The van der Waals surface area contributed by atoms with Crippen LogP contribution in [0.15, 0.2) is 35.5 Å². The van der Waals surface area contributed by atoms with Crippen molar-refractivity contribution in [1.82, 2.24) is 0 Å². The van der Waals surface area contributed by atoms with Crippen LogP contribution >= 0.6 is 0 Å². The minimum Gasteiger partial charge on any atom is -0.454 e. The van der Waals surface area contributed by atoms with Gasteiger partial charge in [-0.2, -0.15) is 0 Å². The number of fused-ring (bicyclic) bond motifs is 2. The van der Waals surface area contributed by atoms with E-state index in [2.05, 4.69) is 24.5 Å². The van der Waals surface area contributed by atoms with Gasteiger partial charge in [-0.1, -0.05) is 13.8 Å². The second-order valence-electron chi connectivity index (χ2n) is 9.54. The monoisotopic (exact) mass is 435 g/mol. The van der Waals surface area contributed by atoms with Crippen molar-refractivity contribution in [2.45, 2.75) is 46.6 Å². The first kappa shape index (κ1) is 20.4. The number of nitrogens with one attached hydrogen (secondary N) is 2. The molecule has 0 amide bonds. The normalized spacial score (nSPS) is 20.6. The number of carbonyl (C=O) groups is 1. The summed E-state index contributed by atoms with van der Waals surface area (Å²) < 4.78 is 10.9. The average molecular weight is 435 g/mol. The summed E-state index contributed by atoms with van der Waals surface area (Å²) in [7, 11) is 0. The lowest BCUT2D eigenvalue weighted by atomic mass is 9.73. The number of ether oxygens (including phenoxy) is 2. The Morgan fingerprint density at radius 2 is 1.69 bits per heavy atom. The van der Waals surface area contributed by atoms with E-state index in [-0.39, 0.29) is 23.7 Å². The van der Waals surface area contributed by atoms with Crippen molar-refractivity contribution in [2.24, 2.45) is 5.41 Å². The number of nitro groups is 1. The van der Waals surface area contributed by atoms with Crippen molar-refractivity contribution < 1.29 is 19.2 Å². The molecule has 2 aliphatic heterocycles. The van der Waals surface area contributed by atoms with Gasteiger partial charge in [0.15, 0.2) is 17.3 Å². The molecule has 32 heavy (non-hydrogen) atoms. The van der Waals surface area contributed by atoms with E-state index in [4.69, 9.17) is 9.47 Å². The molecule has 1 atom stereocenters. The number of benzene rings is 2. The smallest absolute Gasteiger partial charge is 0.279 e. The van der Waals surface area contributed by atoms with Crippen LogP contribution in [0.1, 0.15) is 49.4 Å². The van der Waals surface area contributed by atoms with E-state index >= 15 is 0 Å². The van der Waals surface area contributed by atoms with Gasteiger partial charge in [0, 0.05) is 17.7 Å². The lowest BCUT2D eigenvalue weighted by Gasteiger charge is -2.34. The molecule has 2 N–H and O–H groups in total. The number of aryl methyl sites for hydroxylation is 2. The molecule has 0 radical (unpaired) electrons. The molecule has 3 aliphatic rings. The first-order valence-electron chi connectivity index (χ1n) is 10.6. The van der Waals surface area contributed by atoms with E-state index in [1.807, 2.05) is 26.0 Å². The molecule has 0 spiro atoms. The topological polar surface area (TPSA) is 103 Å². The zero-order chi connectivity index (χ0) is 22.8. The second kappa shape index (κ2) is 6.98. The minimum atomic E-state index is -0.695. The van der Waals surface area contributed by atoms with Gasteiger partial charge in [0.2, 0.25) is 6.79 Å². The van der Waals surface area contributed by atoms with E-state index < -0.39 is 11.0 Å². The van der Waals surface area contributed by atoms with Crippen LogP contribution in [0, 0.1) is 29.4 Å². The Hall–Kier alpha value is -3.55. The molecule has 166 valence electrons. The van der Waals surface area contributed by atoms with Crippen molar-refractivity contribution in [3.63, 3.8) is 0 Å². The highest BCUT2D eigenvalue weighted by molar-refractivity contribution is 6.01. The van der Waals surface area contributed by atoms with Crippen molar-refractivity contribution >= 4 is 22.8 Å². The first-order valence-corrected chi connectivity index (χ1v) is 10.6. The van der Waals surface area contributed by atoms with Crippen LogP contribution in [0.25, 0.3) is 0 Å². The summed E-state index contributed by atoms with van der Waals surface area (Å²) in [6.07, 6.45) is 1.04. The second-order valence-corrected chi connectivity index (χ2v) is 9.54. The maximum absolute atomic E-state index is 13.4. The van der Waals surface area contributed by atoms with Crippen molar-refractivity contribution in [1.29, 1.82) is 0 Å². The largest absolute Gasteiger partial charge is 0.454 e. The standard InChI is InChI=1S/C24H25N3O5/c1-12-5-15-16(6-13(12)2)26-23(22-17(25-15)9-24(3,4)10-19(22)28)14-7-20-21(32-11-31-20)8-18(14)27(29)30/h5-8,23,25-26H,9-11H2,1-4H3/t23-/m0/s1. The third kappa shape index (κ3) is 3.26. The van der Waals surface area contributed by atoms with Crippen molar-refractivity contribution in [2.75, 3.05) is 17.4 Å². The van der Waals surface area contributed by atoms with Crippen molar-refractivity contribution in [3.8, 4) is 11.5 Å². The van der Waals surface area contributed by atoms with Crippen molar-refractivity contribution in [3.05, 3.63) is 62.3 Å². The number of nitro benzene ring substituents is 1. The Labute approximate surface area is 185 Å². The molecule has 2 aromatic carbocycles. The molecule has 0 saturated heterocycles. The Morgan fingerprint density at radius 1 is 1.03 bits per heavy atom. The lowest BCUT2D eigenvalue weighted by Crippen LogP contribution is -2.31. The minimum absolute atomic E-state index is 0.0119. The first-order chi connectivity index (χ1) is 15.1. The maximum Gasteiger partial charge on any atom is 0.279 e. The van der Waals surface area contributed by atoms with Crippen LogP contribution in [0.5, 0.6) is 11.5 Å². The average Bonchev–Trinajstić information content (AvgIpc) is 3.09. The molecule has 2 aromatic rings. The molecule has 2 heterocycles. The van der Waals surface area contributed by atoms with Gasteiger partial charge in [-0.25, -0.2) is 0 Å². The fraction of sp³-hybridized carbons (Fsp3) is 0.375. The molecular weight excluding hydrogens is 410 g/mol. The van der Waals surface area contributed by atoms with Gasteiger partial charge >= 0.3 is 0 Å². The molecule has 0 unspecified atom stereocenters. The van der Waals surface area contributed by atoms with Gasteiger partial charge in [-0.3, -0.25) is 14.9 Å². The summed E-state index contributed by atoms with van der Waals surface area (Å²) in [5.41, 5.74) is 5.27. The van der Waals surface area contributed by atoms with Crippen LogP contribution in [0.4, 0.5) is 17.1 Å². The SMILES string of the molecule is Cc1cc2c(cc1C)N[C@@H](c1cc3c(cc1[N+](=O)[O-])OCO3)C1=C(CC(C)(C)CC1=O)N2. The quantitative estimate of drug-likeness (QED) is 0.496. The van der Waals surface area contributed by atoms with E-state index in [0.717, 1.165) is 28.2 Å². The van der Waals surface area contributed by atoms with Gasteiger partial charge in [-0.05, 0) is 55.0 Å². The molecule has 5 rings (SSSR count). The number of hydrogen-bond acceptors (Lipinski definition) is 7. The number of Topliss-reactive ketones (excluding diaryl/α,β-unsaturated/α-hetero) is 1. The maximum atomic E-state index is 13.4. The van der Waals surface area contributed by atoms with Crippen LogP contribution < -0.4 is 20.1 Å². The summed E-state index contributed by atoms with van der Waals surface area (Å²) in [4.78, 5) is 25.0. The number of hydrogen-bond donors (Lipinski definition) is 2.